The lowest BCUT2D eigenvalue weighted by Crippen LogP contribution is -2.02. The predicted molar refractivity (Wildman–Crippen MR) is 35.7 cm³/mol. The Labute approximate surface area is 59.3 Å². The van der Waals surface area contributed by atoms with Gasteiger partial charge in [-0.25, -0.2) is 4.79 Å². The fourth-order valence-corrected chi connectivity index (χ4v) is 0.295. The van der Waals surface area contributed by atoms with E-state index in [0.717, 1.165) is 0 Å². The van der Waals surface area contributed by atoms with Crippen LogP contribution in [0.5, 0.6) is 0 Å². The molecule has 0 unspecified atom stereocenters. The SMILES string of the molecule is CC(C)COC(=O)Cl.O. The van der Waals surface area contributed by atoms with Gasteiger partial charge in [0, 0.05) is 11.6 Å². The van der Waals surface area contributed by atoms with Crippen molar-refractivity contribution in [2.45, 2.75) is 13.8 Å². The van der Waals surface area contributed by atoms with E-state index in [1.807, 2.05) is 13.8 Å². The Bertz CT molecular complexity index is 82.3. The summed E-state index contributed by atoms with van der Waals surface area (Å²) in [4.78, 5) is 9.89. The molecule has 9 heavy (non-hydrogen) atoms. The molecule has 2 N–H and O–H groups in total. The first-order chi connectivity index (χ1) is 3.63. The van der Waals surface area contributed by atoms with Gasteiger partial charge in [0.1, 0.15) is 0 Å². The molecule has 0 aromatic carbocycles. The zero-order chi connectivity index (χ0) is 6.57. The van der Waals surface area contributed by atoms with Gasteiger partial charge in [0.2, 0.25) is 0 Å². The normalized spacial score (nSPS) is 8.44. The molecule has 0 heterocycles. The number of rotatable bonds is 2. The average Bonchev–Trinajstić information content (AvgIpc) is 1.61. The van der Waals surface area contributed by atoms with Crippen molar-refractivity contribution in [3.63, 3.8) is 0 Å². The third kappa shape index (κ3) is 11.3. The molecule has 56 valence electrons. The molecule has 0 atom stereocenters. The second kappa shape index (κ2) is 5.85. The predicted octanol–water partition coefficient (Wildman–Crippen LogP) is 1.19. The highest BCUT2D eigenvalue weighted by Gasteiger charge is 1.96. The van der Waals surface area contributed by atoms with Gasteiger partial charge in [-0.15, -0.1) is 0 Å². The van der Waals surface area contributed by atoms with E-state index in [0.29, 0.717) is 12.5 Å². The number of ether oxygens (including phenoxy) is 1. The summed E-state index contributed by atoms with van der Waals surface area (Å²) in [5.41, 5.74) is -0.723. The molecule has 0 saturated heterocycles. The van der Waals surface area contributed by atoms with Gasteiger partial charge in [0.05, 0.1) is 6.61 Å². The fraction of sp³-hybridized carbons (Fsp3) is 0.800. The lowest BCUT2D eigenvalue weighted by Gasteiger charge is -2.00. The standard InChI is InChI=1S/C5H9ClO2.H2O/c1-4(2)3-8-5(6)7;/h4H,3H2,1-2H3;1H2. The van der Waals surface area contributed by atoms with Crippen LogP contribution >= 0.6 is 11.6 Å². The largest absolute Gasteiger partial charge is 0.453 e. The maximum atomic E-state index is 9.89. The zero-order valence-corrected chi connectivity index (χ0v) is 6.23. The van der Waals surface area contributed by atoms with Gasteiger partial charge in [0.25, 0.3) is 0 Å². The van der Waals surface area contributed by atoms with Gasteiger partial charge >= 0.3 is 5.43 Å². The summed E-state index contributed by atoms with van der Waals surface area (Å²) in [6.45, 7) is 4.29. The van der Waals surface area contributed by atoms with E-state index in [4.69, 9.17) is 11.6 Å². The number of hydrogen-bond donors (Lipinski definition) is 0. The molecule has 0 amide bonds. The average molecular weight is 155 g/mol. The molecule has 3 nitrogen and oxygen atoms in total. The molecule has 0 aromatic rings. The molecule has 0 saturated carbocycles. The van der Waals surface area contributed by atoms with E-state index < -0.39 is 5.43 Å². The van der Waals surface area contributed by atoms with E-state index in [9.17, 15) is 4.79 Å². The molecule has 0 aliphatic heterocycles. The summed E-state index contributed by atoms with van der Waals surface area (Å²) in [6.07, 6.45) is 0. The molecule has 0 aliphatic rings. The summed E-state index contributed by atoms with van der Waals surface area (Å²) >= 11 is 4.86. The molecule has 0 aliphatic carbocycles. The summed E-state index contributed by atoms with van der Waals surface area (Å²) < 4.78 is 4.43. The Hall–Kier alpha value is -0.280. The topological polar surface area (TPSA) is 57.8 Å². The van der Waals surface area contributed by atoms with Crippen LogP contribution in [0.3, 0.4) is 0 Å². The van der Waals surface area contributed by atoms with Crippen molar-refractivity contribution in [2.75, 3.05) is 6.61 Å². The Kier molecular flexibility index (Phi) is 7.48. The highest BCUT2D eigenvalue weighted by Crippen LogP contribution is 1.94. The van der Waals surface area contributed by atoms with Crippen molar-refractivity contribution >= 4 is 17.0 Å². The van der Waals surface area contributed by atoms with Gasteiger partial charge in [-0.2, -0.15) is 0 Å². The first-order valence-corrected chi connectivity index (χ1v) is 2.83. The third-order valence-corrected chi connectivity index (χ3v) is 0.639. The highest BCUT2D eigenvalue weighted by molar-refractivity contribution is 6.61. The van der Waals surface area contributed by atoms with Crippen LogP contribution in [-0.2, 0) is 4.74 Å². The first-order valence-electron chi connectivity index (χ1n) is 2.45. The first kappa shape index (κ1) is 11.5. The Morgan fingerprint density at radius 3 is 2.22 bits per heavy atom. The lowest BCUT2D eigenvalue weighted by atomic mass is 10.2. The molecule has 0 spiro atoms. The zero-order valence-electron chi connectivity index (χ0n) is 5.48. The summed E-state index contributed by atoms with van der Waals surface area (Å²) in [7, 11) is 0. The van der Waals surface area contributed by atoms with E-state index >= 15 is 0 Å². The van der Waals surface area contributed by atoms with Gasteiger partial charge in [0.15, 0.2) is 0 Å². The van der Waals surface area contributed by atoms with Crippen LogP contribution in [-0.4, -0.2) is 17.5 Å². The number of halogens is 1. The number of carbonyl (C=O) groups excluding carboxylic acids is 1. The van der Waals surface area contributed by atoms with Crippen LogP contribution in [0.15, 0.2) is 0 Å². The summed E-state index contributed by atoms with van der Waals surface area (Å²) in [6, 6.07) is 0. The van der Waals surface area contributed by atoms with Crippen molar-refractivity contribution in [1.82, 2.24) is 0 Å². The highest BCUT2D eigenvalue weighted by atomic mass is 35.5. The van der Waals surface area contributed by atoms with Crippen molar-refractivity contribution in [3.8, 4) is 0 Å². The Morgan fingerprint density at radius 1 is 1.67 bits per heavy atom. The fourth-order valence-electron chi connectivity index (χ4n) is 0.232. The monoisotopic (exact) mass is 154 g/mol. The van der Waals surface area contributed by atoms with Crippen LogP contribution in [0.25, 0.3) is 0 Å². The summed E-state index contributed by atoms with van der Waals surface area (Å²) in [5, 5.41) is 0. The van der Waals surface area contributed by atoms with Gasteiger partial charge < -0.3 is 10.2 Å². The van der Waals surface area contributed by atoms with Crippen LogP contribution < -0.4 is 0 Å². The Balaban J connectivity index is 0. The van der Waals surface area contributed by atoms with Crippen molar-refractivity contribution in [3.05, 3.63) is 0 Å². The molecule has 0 bridgehead atoms. The quantitative estimate of drug-likeness (QED) is 0.561. The minimum absolute atomic E-state index is 0. The van der Waals surface area contributed by atoms with E-state index in [2.05, 4.69) is 4.74 Å². The van der Waals surface area contributed by atoms with Gasteiger partial charge in [-0.05, 0) is 5.92 Å². The molecule has 0 rings (SSSR count). The van der Waals surface area contributed by atoms with Crippen LogP contribution in [0, 0.1) is 5.92 Å². The van der Waals surface area contributed by atoms with E-state index in [1.165, 1.54) is 0 Å². The smallest absolute Gasteiger partial charge is 0.403 e. The number of hydrogen-bond acceptors (Lipinski definition) is 2. The summed E-state index contributed by atoms with van der Waals surface area (Å²) in [5.74, 6) is 0.359. The number of carbonyl (C=O) groups is 1. The molecular formula is C5H11ClO3. The lowest BCUT2D eigenvalue weighted by molar-refractivity contribution is 0.159. The molecule has 4 heteroatoms. The third-order valence-electron chi connectivity index (χ3n) is 0.530. The van der Waals surface area contributed by atoms with E-state index in [-0.39, 0.29) is 5.48 Å². The maximum Gasteiger partial charge on any atom is 0.403 e. The van der Waals surface area contributed by atoms with Gasteiger partial charge in [-0.3, -0.25) is 0 Å². The van der Waals surface area contributed by atoms with Crippen LogP contribution in [0.4, 0.5) is 4.79 Å². The van der Waals surface area contributed by atoms with Crippen LogP contribution in [0.2, 0.25) is 0 Å². The molecular weight excluding hydrogens is 144 g/mol. The molecule has 0 aromatic heterocycles. The van der Waals surface area contributed by atoms with Crippen LogP contribution in [0.1, 0.15) is 13.8 Å². The minimum Gasteiger partial charge on any atom is -0.453 e. The van der Waals surface area contributed by atoms with Crippen molar-refractivity contribution in [2.24, 2.45) is 5.92 Å². The van der Waals surface area contributed by atoms with Crippen molar-refractivity contribution < 1.29 is 15.0 Å². The maximum absolute atomic E-state index is 9.89. The second-order valence-corrected chi connectivity index (χ2v) is 2.25. The second-order valence-electron chi connectivity index (χ2n) is 1.94. The van der Waals surface area contributed by atoms with Gasteiger partial charge in [-0.1, -0.05) is 13.8 Å². The molecule has 0 fully saturated rings. The van der Waals surface area contributed by atoms with Crippen molar-refractivity contribution in [1.29, 1.82) is 0 Å². The molecule has 0 radical (unpaired) electrons. The minimum atomic E-state index is -0.723. The van der Waals surface area contributed by atoms with E-state index in [1.54, 1.807) is 0 Å². The Morgan fingerprint density at radius 2 is 2.11 bits per heavy atom.